The molecule has 2 aromatic rings. The van der Waals surface area contributed by atoms with Crippen LogP contribution in [0.1, 0.15) is 30.7 Å². The van der Waals surface area contributed by atoms with E-state index in [4.69, 9.17) is 9.73 Å². The first-order valence-corrected chi connectivity index (χ1v) is 9.41. The Balaban J connectivity index is 2.07. The SMILES string of the molecule is CCNC(=NCc1ccc(C)cc1OCC)NCc1cccc(N(C)C)n1. The van der Waals surface area contributed by atoms with E-state index in [1.165, 1.54) is 5.56 Å². The van der Waals surface area contributed by atoms with Crippen molar-refractivity contribution in [1.82, 2.24) is 15.6 Å². The number of aryl methyl sites for hydroxylation is 1. The predicted molar refractivity (Wildman–Crippen MR) is 113 cm³/mol. The second-order valence-corrected chi connectivity index (χ2v) is 6.47. The van der Waals surface area contributed by atoms with Crippen LogP contribution in [0.15, 0.2) is 41.4 Å². The third-order valence-corrected chi connectivity index (χ3v) is 3.96. The maximum Gasteiger partial charge on any atom is 0.191 e. The van der Waals surface area contributed by atoms with Crippen LogP contribution in [0, 0.1) is 6.92 Å². The number of anilines is 1. The summed E-state index contributed by atoms with van der Waals surface area (Å²) in [6.07, 6.45) is 0. The molecule has 0 radical (unpaired) electrons. The molecule has 0 atom stereocenters. The highest BCUT2D eigenvalue weighted by atomic mass is 16.5. The van der Waals surface area contributed by atoms with E-state index in [0.717, 1.165) is 35.3 Å². The average molecular weight is 370 g/mol. The van der Waals surface area contributed by atoms with Crippen molar-refractivity contribution < 1.29 is 4.74 Å². The first-order valence-electron chi connectivity index (χ1n) is 9.41. The van der Waals surface area contributed by atoms with E-state index in [1.807, 2.05) is 44.1 Å². The molecule has 2 N–H and O–H groups in total. The monoisotopic (exact) mass is 369 g/mol. The number of nitrogens with one attached hydrogen (secondary N) is 2. The van der Waals surface area contributed by atoms with Crippen LogP contribution >= 0.6 is 0 Å². The standard InChI is InChI=1S/C21H31N5O/c1-6-22-21(24-15-18-9-8-10-20(25-18)26(4)5)23-14-17-12-11-16(3)13-19(17)27-7-2/h8-13H,6-7,14-15H2,1-5H3,(H2,22,23,24). The van der Waals surface area contributed by atoms with E-state index in [-0.39, 0.29) is 0 Å². The summed E-state index contributed by atoms with van der Waals surface area (Å²) in [6.45, 7) is 8.72. The second kappa shape index (κ2) is 10.4. The fraction of sp³-hybridized carbons (Fsp3) is 0.429. The second-order valence-electron chi connectivity index (χ2n) is 6.47. The highest BCUT2D eigenvalue weighted by molar-refractivity contribution is 5.79. The van der Waals surface area contributed by atoms with Crippen molar-refractivity contribution in [3.05, 3.63) is 53.2 Å². The zero-order valence-electron chi connectivity index (χ0n) is 17.0. The number of guanidine groups is 1. The van der Waals surface area contributed by atoms with Gasteiger partial charge in [0, 0.05) is 26.2 Å². The summed E-state index contributed by atoms with van der Waals surface area (Å²) in [5.41, 5.74) is 3.23. The van der Waals surface area contributed by atoms with Gasteiger partial charge >= 0.3 is 0 Å². The van der Waals surface area contributed by atoms with Crippen LogP contribution < -0.4 is 20.3 Å². The van der Waals surface area contributed by atoms with Crippen molar-refractivity contribution in [3.63, 3.8) is 0 Å². The number of ether oxygens (including phenoxy) is 1. The molecular weight excluding hydrogens is 338 g/mol. The molecular formula is C21H31N5O. The average Bonchev–Trinajstić information content (AvgIpc) is 2.65. The molecule has 0 saturated carbocycles. The summed E-state index contributed by atoms with van der Waals surface area (Å²) in [6, 6.07) is 12.3. The maximum absolute atomic E-state index is 5.75. The van der Waals surface area contributed by atoms with E-state index in [0.29, 0.717) is 19.7 Å². The highest BCUT2D eigenvalue weighted by Gasteiger charge is 2.05. The molecule has 0 amide bonds. The van der Waals surface area contributed by atoms with Gasteiger partial charge in [-0.1, -0.05) is 18.2 Å². The molecule has 2 rings (SSSR count). The third kappa shape index (κ3) is 6.47. The lowest BCUT2D eigenvalue weighted by Crippen LogP contribution is -2.37. The Bertz CT molecular complexity index is 758. The number of hydrogen-bond donors (Lipinski definition) is 2. The molecule has 0 spiro atoms. The Morgan fingerprint density at radius 1 is 1.15 bits per heavy atom. The van der Waals surface area contributed by atoms with Crippen molar-refractivity contribution in [2.45, 2.75) is 33.9 Å². The number of nitrogens with zero attached hydrogens (tertiary/aromatic N) is 3. The maximum atomic E-state index is 5.75. The molecule has 0 aliphatic rings. The smallest absolute Gasteiger partial charge is 0.191 e. The Morgan fingerprint density at radius 2 is 1.96 bits per heavy atom. The molecule has 0 fully saturated rings. The molecule has 6 heteroatoms. The molecule has 0 aliphatic carbocycles. The number of pyridine rings is 1. The molecule has 1 aromatic heterocycles. The molecule has 1 heterocycles. The van der Waals surface area contributed by atoms with Crippen molar-refractivity contribution in [2.24, 2.45) is 4.99 Å². The number of benzene rings is 1. The van der Waals surface area contributed by atoms with E-state index in [2.05, 4.69) is 47.7 Å². The topological polar surface area (TPSA) is 61.8 Å². The summed E-state index contributed by atoms with van der Waals surface area (Å²) in [5.74, 6) is 2.60. The van der Waals surface area contributed by atoms with Gasteiger partial charge in [-0.05, 0) is 44.5 Å². The zero-order valence-corrected chi connectivity index (χ0v) is 17.0. The van der Waals surface area contributed by atoms with Gasteiger partial charge < -0.3 is 20.3 Å². The number of rotatable bonds is 8. The van der Waals surface area contributed by atoms with Gasteiger partial charge in [0.2, 0.25) is 0 Å². The zero-order chi connectivity index (χ0) is 19.6. The van der Waals surface area contributed by atoms with Crippen molar-refractivity contribution in [1.29, 1.82) is 0 Å². The summed E-state index contributed by atoms with van der Waals surface area (Å²) < 4.78 is 5.75. The Hall–Kier alpha value is -2.76. The van der Waals surface area contributed by atoms with Crippen molar-refractivity contribution in [2.75, 3.05) is 32.1 Å². The Labute approximate surface area is 162 Å². The van der Waals surface area contributed by atoms with Gasteiger partial charge in [0.1, 0.15) is 11.6 Å². The van der Waals surface area contributed by atoms with Gasteiger partial charge in [0.15, 0.2) is 5.96 Å². The van der Waals surface area contributed by atoms with Crippen molar-refractivity contribution >= 4 is 11.8 Å². The van der Waals surface area contributed by atoms with Gasteiger partial charge in [-0.15, -0.1) is 0 Å². The predicted octanol–water partition coefficient (Wildman–Crippen LogP) is 3.11. The fourth-order valence-electron chi connectivity index (χ4n) is 2.58. The lowest BCUT2D eigenvalue weighted by atomic mass is 10.1. The molecule has 0 saturated heterocycles. The van der Waals surface area contributed by atoms with Gasteiger partial charge in [-0.2, -0.15) is 0 Å². The number of aliphatic imine (C=N–C) groups is 1. The van der Waals surface area contributed by atoms with E-state index in [9.17, 15) is 0 Å². The minimum absolute atomic E-state index is 0.552. The van der Waals surface area contributed by atoms with Gasteiger partial charge in [0.25, 0.3) is 0 Å². The minimum Gasteiger partial charge on any atom is -0.494 e. The van der Waals surface area contributed by atoms with Gasteiger partial charge in [-0.25, -0.2) is 9.98 Å². The summed E-state index contributed by atoms with van der Waals surface area (Å²) in [7, 11) is 3.98. The molecule has 146 valence electrons. The van der Waals surface area contributed by atoms with Crippen LogP contribution in [0.25, 0.3) is 0 Å². The summed E-state index contributed by atoms with van der Waals surface area (Å²) in [4.78, 5) is 11.3. The van der Waals surface area contributed by atoms with Crippen LogP contribution in [-0.2, 0) is 13.1 Å². The molecule has 1 aromatic carbocycles. The first kappa shape index (κ1) is 20.6. The van der Waals surface area contributed by atoms with Crippen LogP contribution in [0.5, 0.6) is 5.75 Å². The van der Waals surface area contributed by atoms with E-state index < -0.39 is 0 Å². The van der Waals surface area contributed by atoms with Crippen molar-refractivity contribution in [3.8, 4) is 5.75 Å². The van der Waals surface area contributed by atoms with Gasteiger partial charge in [-0.3, -0.25) is 0 Å². The van der Waals surface area contributed by atoms with Gasteiger partial charge in [0.05, 0.1) is 25.4 Å². The van der Waals surface area contributed by atoms with Crippen LogP contribution in [0.3, 0.4) is 0 Å². The minimum atomic E-state index is 0.552. The normalized spacial score (nSPS) is 11.2. The highest BCUT2D eigenvalue weighted by Crippen LogP contribution is 2.21. The first-order chi connectivity index (χ1) is 13.0. The Kier molecular flexibility index (Phi) is 7.92. The lowest BCUT2D eigenvalue weighted by Gasteiger charge is -2.15. The molecule has 0 bridgehead atoms. The van der Waals surface area contributed by atoms with E-state index in [1.54, 1.807) is 0 Å². The Morgan fingerprint density at radius 3 is 2.67 bits per heavy atom. The van der Waals surface area contributed by atoms with Crippen LogP contribution in [-0.4, -0.2) is 38.2 Å². The van der Waals surface area contributed by atoms with Crippen LogP contribution in [0.4, 0.5) is 5.82 Å². The van der Waals surface area contributed by atoms with E-state index >= 15 is 0 Å². The summed E-state index contributed by atoms with van der Waals surface area (Å²) >= 11 is 0. The largest absolute Gasteiger partial charge is 0.494 e. The van der Waals surface area contributed by atoms with Crippen LogP contribution in [0.2, 0.25) is 0 Å². The lowest BCUT2D eigenvalue weighted by molar-refractivity contribution is 0.336. The molecule has 0 aliphatic heterocycles. The fourth-order valence-corrected chi connectivity index (χ4v) is 2.58. The molecule has 0 unspecified atom stereocenters. The molecule has 6 nitrogen and oxygen atoms in total. The number of aromatic nitrogens is 1. The summed E-state index contributed by atoms with van der Waals surface area (Å²) in [5, 5.41) is 6.64. The third-order valence-electron chi connectivity index (χ3n) is 3.96. The molecule has 27 heavy (non-hydrogen) atoms. The quantitative estimate of drug-likeness (QED) is 0.553. The number of hydrogen-bond acceptors (Lipinski definition) is 4.